The molecule has 0 atom stereocenters. The van der Waals surface area contributed by atoms with Crippen molar-refractivity contribution in [1.29, 1.82) is 0 Å². The fourth-order valence-corrected chi connectivity index (χ4v) is 3.60. The molecule has 0 saturated carbocycles. The molecule has 1 aliphatic heterocycles. The largest absolute Gasteiger partial charge is 0.353 e. The zero-order valence-electron chi connectivity index (χ0n) is 16.9. The van der Waals surface area contributed by atoms with E-state index in [1.807, 2.05) is 66.4 Å². The van der Waals surface area contributed by atoms with Gasteiger partial charge in [-0.1, -0.05) is 60.2 Å². The molecular formula is C24H28N2O3. The van der Waals surface area contributed by atoms with Crippen LogP contribution in [-0.2, 0) is 16.0 Å². The van der Waals surface area contributed by atoms with E-state index < -0.39 is 0 Å². The Morgan fingerprint density at radius 1 is 0.931 bits per heavy atom. The van der Waals surface area contributed by atoms with E-state index in [0.29, 0.717) is 25.1 Å². The Morgan fingerprint density at radius 2 is 1.59 bits per heavy atom. The van der Waals surface area contributed by atoms with Gasteiger partial charge in [-0.25, -0.2) is 0 Å². The molecule has 1 N–H and O–H groups in total. The van der Waals surface area contributed by atoms with Gasteiger partial charge < -0.3 is 10.2 Å². The second-order valence-electron chi connectivity index (χ2n) is 7.67. The van der Waals surface area contributed by atoms with Gasteiger partial charge in [0.25, 0.3) is 0 Å². The Labute approximate surface area is 172 Å². The van der Waals surface area contributed by atoms with Crippen LogP contribution in [-0.4, -0.2) is 41.6 Å². The van der Waals surface area contributed by atoms with Crippen molar-refractivity contribution in [3.8, 4) is 0 Å². The predicted octanol–water partition coefficient (Wildman–Crippen LogP) is 3.31. The number of piperidine rings is 1. The average Bonchev–Trinajstić information content (AvgIpc) is 2.73. The zero-order chi connectivity index (χ0) is 20.6. The summed E-state index contributed by atoms with van der Waals surface area (Å²) in [4.78, 5) is 38.7. The molecule has 0 spiro atoms. The van der Waals surface area contributed by atoms with Gasteiger partial charge in [-0.15, -0.1) is 0 Å². The number of carbonyl (C=O) groups excluding carboxylic acids is 3. The topological polar surface area (TPSA) is 66.5 Å². The summed E-state index contributed by atoms with van der Waals surface area (Å²) in [6, 6.07) is 17.2. The van der Waals surface area contributed by atoms with Gasteiger partial charge >= 0.3 is 0 Å². The molecule has 0 bridgehead atoms. The van der Waals surface area contributed by atoms with Crippen molar-refractivity contribution in [3.63, 3.8) is 0 Å². The van der Waals surface area contributed by atoms with Crippen molar-refractivity contribution in [3.05, 3.63) is 71.3 Å². The number of aryl methyl sites for hydroxylation is 1. The van der Waals surface area contributed by atoms with Crippen molar-refractivity contribution in [1.82, 2.24) is 10.2 Å². The smallest absolute Gasteiger partial charge is 0.224 e. The maximum Gasteiger partial charge on any atom is 0.224 e. The Hall–Kier alpha value is -2.95. The van der Waals surface area contributed by atoms with Crippen LogP contribution >= 0.6 is 0 Å². The summed E-state index contributed by atoms with van der Waals surface area (Å²) < 4.78 is 0. The number of amides is 2. The molecule has 0 unspecified atom stereocenters. The number of ketones is 1. The molecule has 1 aliphatic rings. The first kappa shape index (κ1) is 20.8. The lowest BCUT2D eigenvalue weighted by Gasteiger charge is -2.32. The molecule has 3 rings (SSSR count). The Kier molecular flexibility index (Phi) is 7.17. The number of rotatable bonds is 7. The summed E-state index contributed by atoms with van der Waals surface area (Å²) in [7, 11) is 0. The Bertz CT molecular complexity index is 838. The Morgan fingerprint density at radius 3 is 2.24 bits per heavy atom. The van der Waals surface area contributed by atoms with Crippen LogP contribution in [0.3, 0.4) is 0 Å². The second-order valence-corrected chi connectivity index (χ2v) is 7.67. The molecule has 0 radical (unpaired) electrons. The summed E-state index contributed by atoms with van der Waals surface area (Å²) >= 11 is 0. The standard InChI is InChI=1S/C24H28N2O3/c1-18-7-9-20(10-8-18)22(27)11-12-24(29)26-15-13-21(14-16-26)25-23(28)17-19-5-3-2-4-6-19/h2-10,21H,11-17H2,1H3,(H,25,28). The lowest BCUT2D eigenvalue weighted by atomic mass is 10.0. The zero-order valence-corrected chi connectivity index (χ0v) is 16.9. The first-order valence-electron chi connectivity index (χ1n) is 10.2. The fraction of sp³-hybridized carbons (Fsp3) is 0.375. The highest BCUT2D eigenvalue weighted by Crippen LogP contribution is 2.14. The molecule has 2 amide bonds. The quantitative estimate of drug-likeness (QED) is 0.735. The predicted molar refractivity (Wildman–Crippen MR) is 113 cm³/mol. The summed E-state index contributed by atoms with van der Waals surface area (Å²) in [6.07, 6.45) is 2.34. The van der Waals surface area contributed by atoms with Crippen LogP contribution in [0.4, 0.5) is 0 Å². The molecule has 0 aromatic heterocycles. The van der Waals surface area contributed by atoms with Crippen molar-refractivity contribution in [2.45, 2.75) is 45.1 Å². The van der Waals surface area contributed by atoms with Crippen LogP contribution in [0.1, 0.15) is 47.2 Å². The molecule has 5 nitrogen and oxygen atoms in total. The van der Waals surface area contributed by atoms with Crippen LogP contribution in [0.25, 0.3) is 0 Å². The minimum Gasteiger partial charge on any atom is -0.353 e. The maximum atomic E-state index is 12.4. The monoisotopic (exact) mass is 392 g/mol. The number of hydrogen-bond donors (Lipinski definition) is 1. The third kappa shape index (κ3) is 6.28. The molecule has 2 aromatic rings. The molecule has 5 heteroatoms. The molecule has 1 fully saturated rings. The minimum absolute atomic E-state index is 0.00131. The van der Waals surface area contributed by atoms with Gasteiger partial charge in [0.05, 0.1) is 6.42 Å². The third-order valence-electron chi connectivity index (χ3n) is 5.36. The highest BCUT2D eigenvalue weighted by molar-refractivity contribution is 5.98. The average molecular weight is 392 g/mol. The van der Waals surface area contributed by atoms with Crippen molar-refractivity contribution in [2.24, 2.45) is 0 Å². The fourth-order valence-electron chi connectivity index (χ4n) is 3.60. The van der Waals surface area contributed by atoms with Crippen molar-refractivity contribution < 1.29 is 14.4 Å². The van der Waals surface area contributed by atoms with Crippen LogP contribution in [0, 0.1) is 6.92 Å². The Balaban J connectivity index is 1.38. The summed E-state index contributed by atoms with van der Waals surface area (Å²) in [6.45, 7) is 3.22. The molecular weight excluding hydrogens is 364 g/mol. The van der Waals surface area contributed by atoms with Gasteiger partial charge in [0, 0.05) is 37.5 Å². The summed E-state index contributed by atoms with van der Waals surface area (Å²) in [5.41, 5.74) is 2.76. The number of benzene rings is 2. The van der Waals surface area contributed by atoms with E-state index in [0.717, 1.165) is 24.0 Å². The molecule has 2 aromatic carbocycles. The van der Waals surface area contributed by atoms with E-state index in [1.54, 1.807) is 0 Å². The second kappa shape index (κ2) is 10.0. The number of nitrogens with zero attached hydrogens (tertiary/aromatic N) is 1. The number of nitrogens with one attached hydrogen (secondary N) is 1. The molecule has 0 aliphatic carbocycles. The molecule has 152 valence electrons. The normalized spacial score (nSPS) is 14.4. The van der Waals surface area contributed by atoms with Crippen molar-refractivity contribution >= 4 is 17.6 Å². The SMILES string of the molecule is Cc1ccc(C(=O)CCC(=O)N2CCC(NC(=O)Cc3ccccc3)CC2)cc1. The summed E-state index contributed by atoms with van der Waals surface area (Å²) in [5, 5.41) is 3.07. The number of hydrogen-bond acceptors (Lipinski definition) is 3. The van der Waals surface area contributed by atoms with Gasteiger partial charge in [0.1, 0.15) is 0 Å². The van der Waals surface area contributed by atoms with Crippen LogP contribution < -0.4 is 5.32 Å². The number of Topliss-reactive ketones (excluding diaryl/α,β-unsaturated/α-hetero) is 1. The van der Waals surface area contributed by atoms with E-state index in [2.05, 4.69) is 5.32 Å². The van der Waals surface area contributed by atoms with Crippen LogP contribution in [0.2, 0.25) is 0 Å². The minimum atomic E-state index is 0.00131. The molecule has 1 heterocycles. The highest BCUT2D eigenvalue weighted by Gasteiger charge is 2.24. The van der Waals surface area contributed by atoms with E-state index in [-0.39, 0.29) is 36.5 Å². The van der Waals surface area contributed by atoms with E-state index in [9.17, 15) is 14.4 Å². The maximum absolute atomic E-state index is 12.4. The lowest BCUT2D eigenvalue weighted by molar-refractivity contribution is -0.132. The van der Waals surface area contributed by atoms with E-state index in [1.165, 1.54) is 0 Å². The third-order valence-corrected chi connectivity index (χ3v) is 5.36. The number of likely N-dealkylation sites (tertiary alicyclic amines) is 1. The van der Waals surface area contributed by atoms with E-state index >= 15 is 0 Å². The van der Waals surface area contributed by atoms with Gasteiger partial charge in [-0.3, -0.25) is 14.4 Å². The van der Waals surface area contributed by atoms with Crippen molar-refractivity contribution in [2.75, 3.05) is 13.1 Å². The number of carbonyl (C=O) groups is 3. The summed E-state index contributed by atoms with van der Waals surface area (Å²) in [5.74, 6) is 0.0330. The van der Waals surface area contributed by atoms with Crippen LogP contribution in [0.5, 0.6) is 0 Å². The lowest BCUT2D eigenvalue weighted by Crippen LogP contribution is -2.46. The van der Waals surface area contributed by atoms with Gasteiger partial charge in [-0.2, -0.15) is 0 Å². The van der Waals surface area contributed by atoms with E-state index in [4.69, 9.17) is 0 Å². The first-order chi connectivity index (χ1) is 14.0. The van der Waals surface area contributed by atoms with Gasteiger partial charge in [0.15, 0.2) is 5.78 Å². The van der Waals surface area contributed by atoms with Gasteiger partial charge in [0.2, 0.25) is 11.8 Å². The first-order valence-corrected chi connectivity index (χ1v) is 10.2. The molecule has 29 heavy (non-hydrogen) atoms. The van der Waals surface area contributed by atoms with Gasteiger partial charge in [-0.05, 0) is 25.3 Å². The van der Waals surface area contributed by atoms with Crippen LogP contribution in [0.15, 0.2) is 54.6 Å². The highest BCUT2D eigenvalue weighted by atomic mass is 16.2. The molecule has 1 saturated heterocycles.